The first-order valence-corrected chi connectivity index (χ1v) is 11.0. The van der Waals surface area contributed by atoms with Crippen LogP contribution in [-0.4, -0.2) is 71.2 Å². The van der Waals surface area contributed by atoms with Crippen molar-refractivity contribution < 1.29 is 14.6 Å². The van der Waals surface area contributed by atoms with E-state index in [1.807, 2.05) is 73.3 Å². The number of aryl methyl sites for hydroxylation is 1. The van der Waals surface area contributed by atoms with Crippen molar-refractivity contribution in [3.05, 3.63) is 54.5 Å². The maximum Gasteiger partial charge on any atom is 0.124 e. The third-order valence-electron chi connectivity index (χ3n) is 5.61. The molecule has 4 rings (SSSR count). The van der Waals surface area contributed by atoms with Crippen molar-refractivity contribution in [2.45, 2.75) is 6.54 Å². The molecular weight excluding hydrogens is 432 g/mol. The summed E-state index contributed by atoms with van der Waals surface area (Å²) < 4.78 is 12.7. The molecule has 0 aliphatic carbocycles. The molecule has 0 aliphatic rings. The molecule has 0 saturated carbocycles. The lowest BCUT2D eigenvalue weighted by atomic mass is 10.1. The van der Waals surface area contributed by atoms with E-state index in [-0.39, 0.29) is 6.61 Å². The quantitative estimate of drug-likeness (QED) is 0.406. The highest BCUT2D eigenvalue weighted by Crippen LogP contribution is 2.34. The highest BCUT2D eigenvalue weighted by molar-refractivity contribution is 5.83. The monoisotopic (exact) mass is 462 g/mol. The summed E-state index contributed by atoms with van der Waals surface area (Å²) in [7, 11) is 9.22. The first-order chi connectivity index (χ1) is 16.4. The summed E-state index contributed by atoms with van der Waals surface area (Å²) in [6.45, 7) is 1.12. The van der Waals surface area contributed by atoms with Gasteiger partial charge in [-0.05, 0) is 32.3 Å². The van der Waals surface area contributed by atoms with E-state index in [2.05, 4.69) is 15.0 Å². The summed E-state index contributed by atoms with van der Waals surface area (Å²) in [6.07, 6.45) is 3.62. The van der Waals surface area contributed by atoms with Crippen molar-refractivity contribution >= 4 is 22.4 Å². The van der Waals surface area contributed by atoms with E-state index in [0.29, 0.717) is 18.0 Å². The fourth-order valence-electron chi connectivity index (χ4n) is 3.92. The Labute approximate surface area is 199 Å². The molecular formula is C25H30N6O3. The Morgan fingerprint density at radius 3 is 2.32 bits per heavy atom. The van der Waals surface area contributed by atoms with Crippen LogP contribution in [0, 0.1) is 0 Å². The molecule has 2 heterocycles. The number of fused-ring (bicyclic) bond motifs is 1. The van der Waals surface area contributed by atoms with E-state index in [1.54, 1.807) is 20.4 Å². The largest absolute Gasteiger partial charge is 0.497 e. The lowest BCUT2D eigenvalue weighted by molar-refractivity contribution is 0.305. The van der Waals surface area contributed by atoms with Gasteiger partial charge in [0.25, 0.3) is 0 Å². The third kappa shape index (κ3) is 4.80. The number of ether oxygens (including phenoxy) is 2. The fraction of sp³-hybridized carbons (Fsp3) is 0.320. The van der Waals surface area contributed by atoms with Crippen LogP contribution in [0.4, 0.5) is 11.4 Å². The molecule has 0 aliphatic heterocycles. The molecule has 2 aromatic carbocycles. The van der Waals surface area contributed by atoms with Gasteiger partial charge >= 0.3 is 0 Å². The predicted molar refractivity (Wildman–Crippen MR) is 133 cm³/mol. The number of aliphatic hydroxyl groups excluding tert-OH is 1. The average molecular weight is 463 g/mol. The zero-order valence-electron chi connectivity index (χ0n) is 20.2. The van der Waals surface area contributed by atoms with Crippen molar-refractivity contribution in [3.8, 4) is 22.8 Å². The predicted octanol–water partition coefficient (Wildman–Crippen LogP) is 3.24. The molecule has 0 fully saturated rings. The summed E-state index contributed by atoms with van der Waals surface area (Å²) in [5, 5.41) is 14.2. The fourth-order valence-corrected chi connectivity index (χ4v) is 3.92. The lowest BCUT2D eigenvalue weighted by Crippen LogP contribution is -2.21. The van der Waals surface area contributed by atoms with Gasteiger partial charge in [-0.2, -0.15) is 5.10 Å². The number of benzene rings is 2. The maximum absolute atomic E-state index is 9.78. The molecule has 34 heavy (non-hydrogen) atoms. The van der Waals surface area contributed by atoms with Crippen molar-refractivity contribution in [1.82, 2.24) is 24.6 Å². The number of rotatable bonds is 9. The van der Waals surface area contributed by atoms with Gasteiger partial charge in [0.2, 0.25) is 0 Å². The molecule has 178 valence electrons. The minimum absolute atomic E-state index is 0.0210. The van der Waals surface area contributed by atoms with E-state index in [1.165, 1.54) is 0 Å². The first kappa shape index (κ1) is 23.5. The molecule has 0 unspecified atom stereocenters. The van der Waals surface area contributed by atoms with Gasteiger partial charge in [-0.25, -0.2) is 4.98 Å². The number of anilines is 2. The SMILES string of the molecule is COc1cc(OC)cc(N(CCO)c2ccc3ncc(-c4cnn(C)c4CN(C)C)nc3c2)c1. The topological polar surface area (TPSA) is 88.8 Å². The molecule has 9 nitrogen and oxygen atoms in total. The smallest absolute Gasteiger partial charge is 0.124 e. The highest BCUT2D eigenvalue weighted by atomic mass is 16.5. The third-order valence-corrected chi connectivity index (χ3v) is 5.61. The molecule has 1 N–H and O–H groups in total. The Morgan fingerprint density at radius 1 is 0.941 bits per heavy atom. The Morgan fingerprint density at radius 2 is 1.68 bits per heavy atom. The van der Waals surface area contributed by atoms with E-state index in [9.17, 15) is 5.11 Å². The molecule has 0 atom stereocenters. The molecule has 0 amide bonds. The van der Waals surface area contributed by atoms with E-state index in [0.717, 1.165) is 45.9 Å². The summed E-state index contributed by atoms with van der Waals surface area (Å²) >= 11 is 0. The van der Waals surface area contributed by atoms with E-state index in [4.69, 9.17) is 14.5 Å². The average Bonchev–Trinajstić information content (AvgIpc) is 3.20. The summed E-state index contributed by atoms with van der Waals surface area (Å²) in [5.41, 5.74) is 6.06. The van der Waals surface area contributed by atoms with Gasteiger partial charge in [0.05, 0.1) is 55.6 Å². The van der Waals surface area contributed by atoms with Gasteiger partial charge in [-0.1, -0.05) is 0 Å². The minimum Gasteiger partial charge on any atom is -0.497 e. The van der Waals surface area contributed by atoms with Crippen molar-refractivity contribution in [1.29, 1.82) is 0 Å². The van der Waals surface area contributed by atoms with Crippen LogP contribution in [0.1, 0.15) is 5.69 Å². The summed E-state index contributed by atoms with van der Waals surface area (Å²) in [5.74, 6) is 1.34. The molecule has 0 radical (unpaired) electrons. The number of aliphatic hydroxyl groups is 1. The first-order valence-electron chi connectivity index (χ1n) is 11.0. The van der Waals surface area contributed by atoms with Crippen LogP contribution in [0.25, 0.3) is 22.3 Å². The normalized spacial score (nSPS) is 11.3. The number of hydrogen-bond donors (Lipinski definition) is 1. The second-order valence-electron chi connectivity index (χ2n) is 8.24. The van der Waals surface area contributed by atoms with Gasteiger partial charge in [-0.15, -0.1) is 0 Å². The maximum atomic E-state index is 9.78. The van der Waals surface area contributed by atoms with Crippen molar-refractivity contribution in [2.24, 2.45) is 7.05 Å². The van der Waals surface area contributed by atoms with E-state index < -0.39 is 0 Å². The van der Waals surface area contributed by atoms with Crippen LogP contribution in [-0.2, 0) is 13.6 Å². The van der Waals surface area contributed by atoms with Crippen LogP contribution in [0.5, 0.6) is 11.5 Å². The van der Waals surface area contributed by atoms with Crippen molar-refractivity contribution in [2.75, 3.05) is 46.4 Å². The van der Waals surface area contributed by atoms with Crippen LogP contribution in [0.3, 0.4) is 0 Å². The Kier molecular flexibility index (Phi) is 6.95. The van der Waals surface area contributed by atoms with E-state index >= 15 is 0 Å². The number of methoxy groups -OCH3 is 2. The minimum atomic E-state index is -0.0210. The summed E-state index contributed by atoms with van der Waals surface area (Å²) in [4.78, 5) is 13.7. The Balaban J connectivity index is 1.78. The molecule has 0 bridgehead atoms. The highest BCUT2D eigenvalue weighted by Gasteiger charge is 2.16. The van der Waals surface area contributed by atoms with Gasteiger partial charge in [0, 0.05) is 55.3 Å². The van der Waals surface area contributed by atoms with Crippen LogP contribution >= 0.6 is 0 Å². The summed E-state index contributed by atoms with van der Waals surface area (Å²) in [6, 6.07) is 11.5. The van der Waals surface area contributed by atoms with Gasteiger partial charge in [0.1, 0.15) is 11.5 Å². The van der Waals surface area contributed by atoms with Gasteiger partial charge in [0.15, 0.2) is 0 Å². The second kappa shape index (κ2) is 10.1. The molecule has 0 saturated heterocycles. The number of hydrogen-bond acceptors (Lipinski definition) is 8. The second-order valence-corrected chi connectivity index (χ2v) is 8.24. The molecule has 4 aromatic rings. The van der Waals surface area contributed by atoms with Gasteiger partial charge in [-0.3, -0.25) is 9.67 Å². The molecule has 2 aromatic heterocycles. The molecule has 9 heteroatoms. The Hall–Kier alpha value is -3.69. The van der Waals surface area contributed by atoms with Crippen molar-refractivity contribution in [3.63, 3.8) is 0 Å². The van der Waals surface area contributed by atoms with Crippen LogP contribution in [0.2, 0.25) is 0 Å². The number of aromatic nitrogens is 4. The zero-order valence-corrected chi connectivity index (χ0v) is 20.2. The standard InChI is InChI=1S/C25H30N6O3/c1-29(2)16-25-21(14-27-30(25)3)24-15-26-22-7-6-17(12-23(22)28-24)31(8-9-32)18-10-19(33-4)13-20(11-18)34-5/h6-7,10-15,32H,8-9,16H2,1-5H3. The zero-order chi connectivity index (χ0) is 24.2. The van der Waals surface area contributed by atoms with Crippen LogP contribution in [0.15, 0.2) is 48.8 Å². The Bertz CT molecular complexity index is 1260. The molecule has 0 spiro atoms. The number of nitrogens with zero attached hydrogens (tertiary/aromatic N) is 6. The van der Waals surface area contributed by atoms with Gasteiger partial charge < -0.3 is 24.4 Å². The lowest BCUT2D eigenvalue weighted by Gasteiger charge is -2.25. The van der Waals surface area contributed by atoms with Crippen LogP contribution < -0.4 is 14.4 Å².